The molecule has 0 saturated carbocycles. The van der Waals surface area contributed by atoms with Gasteiger partial charge < -0.3 is 4.74 Å². The van der Waals surface area contributed by atoms with E-state index in [1.54, 1.807) is 12.3 Å². The normalized spacial score (nSPS) is 20.9. The summed E-state index contributed by atoms with van der Waals surface area (Å²) in [4.78, 5) is 4.16. The molecular formula is C12H19N3O3S. The zero-order valence-corrected chi connectivity index (χ0v) is 12.2. The standard InChI is InChI=1S/C12H19N3O3S/c1-10-4-5-12(13-8-10)18-11-6-7-15(9-11)19(16,17)14(2)3/h4-5,8,11H,6-7,9H2,1-3H3/t11-/m1/s1. The van der Waals surface area contributed by atoms with Gasteiger partial charge in [-0.3, -0.25) is 0 Å². The maximum atomic E-state index is 12.0. The third kappa shape index (κ3) is 3.23. The predicted molar refractivity (Wildman–Crippen MR) is 72.2 cm³/mol. The summed E-state index contributed by atoms with van der Waals surface area (Å²) in [5.74, 6) is 0.541. The van der Waals surface area contributed by atoms with Crippen LogP contribution in [0.3, 0.4) is 0 Å². The Bertz CT molecular complexity index is 528. The molecule has 1 aromatic rings. The van der Waals surface area contributed by atoms with Gasteiger partial charge in [-0.2, -0.15) is 17.0 Å². The highest BCUT2D eigenvalue weighted by atomic mass is 32.2. The van der Waals surface area contributed by atoms with E-state index in [1.165, 1.54) is 22.7 Å². The molecule has 0 N–H and O–H groups in total. The fraction of sp³-hybridized carbons (Fsp3) is 0.583. The molecule has 1 aromatic heterocycles. The van der Waals surface area contributed by atoms with Crippen molar-refractivity contribution in [2.45, 2.75) is 19.4 Å². The predicted octanol–water partition coefficient (Wildman–Crippen LogP) is 0.650. The molecule has 0 aromatic carbocycles. The van der Waals surface area contributed by atoms with Crippen LogP contribution in [0.5, 0.6) is 5.88 Å². The molecule has 106 valence electrons. The Kier molecular flexibility index (Phi) is 4.07. The minimum atomic E-state index is -3.34. The highest BCUT2D eigenvalue weighted by molar-refractivity contribution is 7.86. The zero-order valence-electron chi connectivity index (χ0n) is 11.4. The van der Waals surface area contributed by atoms with E-state index in [-0.39, 0.29) is 6.10 Å². The van der Waals surface area contributed by atoms with Crippen molar-refractivity contribution in [2.75, 3.05) is 27.2 Å². The molecule has 2 rings (SSSR count). The number of aromatic nitrogens is 1. The smallest absolute Gasteiger partial charge is 0.281 e. The molecule has 1 saturated heterocycles. The second kappa shape index (κ2) is 5.44. The lowest BCUT2D eigenvalue weighted by molar-refractivity contribution is 0.206. The van der Waals surface area contributed by atoms with Gasteiger partial charge in [0.05, 0.1) is 6.54 Å². The van der Waals surface area contributed by atoms with Crippen molar-refractivity contribution in [3.05, 3.63) is 23.9 Å². The average molecular weight is 285 g/mol. The molecule has 1 aliphatic heterocycles. The number of hydrogen-bond donors (Lipinski definition) is 0. The molecule has 0 radical (unpaired) electrons. The van der Waals surface area contributed by atoms with Crippen molar-refractivity contribution in [1.29, 1.82) is 0 Å². The summed E-state index contributed by atoms with van der Waals surface area (Å²) < 4.78 is 32.3. The first-order chi connectivity index (χ1) is 8.89. The molecule has 6 nitrogen and oxygen atoms in total. The van der Waals surface area contributed by atoms with Gasteiger partial charge in [0.25, 0.3) is 10.2 Å². The van der Waals surface area contributed by atoms with Crippen LogP contribution in [0.4, 0.5) is 0 Å². The molecule has 0 aliphatic carbocycles. The Morgan fingerprint density at radius 3 is 2.74 bits per heavy atom. The second-order valence-electron chi connectivity index (χ2n) is 4.85. The average Bonchev–Trinajstić information content (AvgIpc) is 2.81. The van der Waals surface area contributed by atoms with E-state index >= 15 is 0 Å². The molecule has 0 unspecified atom stereocenters. The van der Waals surface area contributed by atoms with E-state index in [0.29, 0.717) is 25.4 Å². The van der Waals surface area contributed by atoms with Crippen LogP contribution in [0.25, 0.3) is 0 Å². The number of nitrogens with zero attached hydrogens (tertiary/aromatic N) is 3. The van der Waals surface area contributed by atoms with Gasteiger partial charge in [0.2, 0.25) is 5.88 Å². The van der Waals surface area contributed by atoms with Gasteiger partial charge in [0, 0.05) is 32.9 Å². The van der Waals surface area contributed by atoms with Crippen molar-refractivity contribution in [2.24, 2.45) is 0 Å². The van der Waals surface area contributed by atoms with Crippen LogP contribution in [-0.2, 0) is 10.2 Å². The topological polar surface area (TPSA) is 62.7 Å². The minimum absolute atomic E-state index is 0.134. The summed E-state index contributed by atoms with van der Waals surface area (Å²) in [6, 6.07) is 3.73. The SMILES string of the molecule is Cc1ccc(O[C@@H]2CCN(S(=O)(=O)N(C)C)C2)nc1. The maximum absolute atomic E-state index is 12.0. The highest BCUT2D eigenvalue weighted by Crippen LogP contribution is 2.19. The fourth-order valence-electron chi connectivity index (χ4n) is 1.93. The van der Waals surface area contributed by atoms with Crippen molar-refractivity contribution in [3.63, 3.8) is 0 Å². The largest absolute Gasteiger partial charge is 0.473 e. The van der Waals surface area contributed by atoms with Crippen LogP contribution in [0.2, 0.25) is 0 Å². The zero-order chi connectivity index (χ0) is 14.0. The lowest BCUT2D eigenvalue weighted by atomic mass is 10.3. The maximum Gasteiger partial charge on any atom is 0.281 e. The van der Waals surface area contributed by atoms with Crippen LogP contribution in [0.1, 0.15) is 12.0 Å². The van der Waals surface area contributed by atoms with Gasteiger partial charge in [-0.15, -0.1) is 0 Å². The van der Waals surface area contributed by atoms with Crippen LogP contribution in [0, 0.1) is 6.92 Å². The van der Waals surface area contributed by atoms with Gasteiger partial charge >= 0.3 is 0 Å². The van der Waals surface area contributed by atoms with E-state index in [0.717, 1.165) is 5.56 Å². The summed E-state index contributed by atoms with van der Waals surface area (Å²) >= 11 is 0. The van der Waals surface area contributed by atoms with Gasteiger partial charge in [0.1, 0.15) is 6.10 Å². The van der Waals surface area contributed by atoms with Crippen LogP contribution in [-0.4, -0.2) is 55.3 Å². The minimum Gasteiger partial charge on any atom is -0.473 e. The number of rotatable bonds is 4. The number of hydrogen-bond acceptors (Lipinski definition) is 4. The second-order valence-corrected chi connectivity index (χ2v) is 6.99. The van der Waals surface area contributed by atoms with E-state index < -0.39 is 10.2 Å². The first kappa shape index (κ1) is 14.2. The van der Waals surface area contributed by atoms with Crippen LogP contribution < -0.4 is 4.74 Å². The number of ether oxygens (including phenoxy) is 1. The Morgan fingerprint density at radius 2 is 2.16 bits per heavy atom. The Labute approximate surface area is 114 Å². The van der Waals surface area contributed by atoms with E-state index in [9.17, 15) is 8.42 Å². The summed E-state index contributed by atoms with van der Waals surface area (Å²) in [6.45, 7) is 2.81. The highest BCUT2D eigenvalue weighted by Gasteiger charge is 2.33. The number of aryl methyl sites for hydroxylation is 1. The molecule has 19 heavy (non-hydrogen) atoms. The summed E-state index contributed by atoms with van der Waals surface area (Å²) in [6.07, 6.45) is 2.28. The third-order valence-corrected chi connectivity index (χ3v) is 4.97. The van der Waals surface area contributed by atoms with Crippen molar-refractivity contribution < 1.29 is 13.2 Å². The Balaban J connectivity index is 1.98. The van der Waals surface area contributed by atoms with Gasteiger partial charge in [0.15, 0.2) is 0 Å². The quantitative estimate of drug-likeness (QED) is 0.815. The third-order valence-electron chi connectivity index (χ3n) is 3.07. The molecule has 1 aliphatic rings. The van der Waals surface area contributed by atoms with Crippen LogP contribution >= 0.6 is 0 Å². The lowest BCUT2D eigenvalue weighted by Crippen LogP contribution is -2.39. The number of pyridine rings is 1. The van der Waals surface area contributed by atoms with Gasteiger partial charge in [-0.1, -0.05) is 6.07 Å². The molecule has 1 atom stereocenters. The van der Waals surface area contributed by atoms with E-state index in [4.69, 9.17) is 4.74 Å². The van der Waals surface area contributed by atoms with Crippen molar-refractivity contribution in [1.82, 2.24) is 13.6 Å². The Morgan fingerprint density at radius 1 is 1.42 bits per heavy atom. The molecule has 7 heteroatoms. The summed E-state index contributed by atoms with van der Waals surface area (Å²) in [5.41, 5.74) is 1.07. The van der Waals surface area contributed by atoms with Gasteiger partial charge in [-0.05, 0) is 18.9 Å². The molecule has 0 amide bonds. The molecule has 1 fully saturated rings. The van der Waals surface area contributed by atoms with Gasteiger partial charge in [-0.25, -0.2) is 4.98 Å². The summed E-state index contributed by atoms with van der Waals surface area (Å²) in [5, 5.41) is 0. The van der Waals surface area contributed by atoms with Crippen LogP contribution in [0.15, 0.2) is 18.3 Å². The monoisotopic (exact) mass is 285 g/mol. The molecule has 0 spiro atoms. The lowest BCUT2D eigenvalue weighted by Gasteiger charge is -2.20. The van der Waals surface area contributed by atoms with E-state index in [2.05, 4.69) is 4.98 Å². The Hall–Kier alpha value is -1.18. The molecular weight excluding hydrogens is 266 g/mol. The van der Waals surface area contributed by atoms with Crippen molar-refractivity contribution in [3.8, 4) is 5.88 Å². The first-order valence-electron chi connectivity index (χ1n) is 6.16. The summed E-state index contributed by atoms with van der Waals surface area (Å²) in [7, 11) is -0.277. The van der Waals surface area contributed by atoms with E-state index in [1.807, 2.05) is 13.0 Å². The molecule has 2 heterocycles. The first-order valence-corrected chi connectivity index (χ1v) is 7.56. The fourth-order valence-corrected chi connectivity index (χ4v) is 3.08. The van der Waals surface area contributed by atoms with Crippen molar-refractivity contribution >= 4 is 10.2 Å². The molecule has 0 bridgehead atoms.